The summed E-state index contributed by atoms with van der Waals surface area (Å²) in [6.07, 6.45) is 2.24. The largest absolute Gasteiger partial charge is 0.451 e. The van der Waals surface area contributed by atoms with Crippen LogP contribution in [0.5, 0.6) is 0 Å². The predicted molar refractivity (Wildman–Crippen MR) is 113 cm³/mol. The molecule has 2 heterocycles. The van der Waals surface area contributed by atoms with E-state index >= 15 is 0 Å². The van der Waals surface area contributed by atoms with Gasteiger partial charge in [0.25, 0.3) is 5.91 Å². The lowest BCUT2D eigenvalue weighted by molar-refractivity contribution is 0.0997. The number of benzene rings is 2. The molecule has 0 saturated carbocycles. The molecule has 0 aliphatic rings. The molecular weight excluding hydrogens is 434 g/mol. The van der Waals surface area contributed by atoms with Crippen LogP contribution in [0.1, 0.15) is 21.0 Å². The maximum Gasteiger partial charge on any atom is 0.293 e. The normalized spacial score (nSPS) is 10.9. The van der Waals surface area contributed by atoms with Crippen molar-refractivity contribution in [3.63, 3.8) is 0 Å². The highest BCUT2D eigenvalue weighted by molar-refractivity contribution is 7.15. The Morgan fingerprint density at radius 2 is 1.90 bits per heavy atom. The van der Waals surface area contributed by atoms with Crippen LogP contribution < -0.4 is 5.32 Å². The highest BCUT2D eigenvalue weighted by atomic mass is 35.5. The van der Waals surface area contributed by atoms with Crippen molar-refractivity contribution < 1.29 is 13.6 Å². The van der Waals surface area contributed by atoms with Gasteiger partial charge >= 0.3 is 0 Å². The highest BCUT2D eigenvalue weighted by Crippen LogP contribution is 2.28. The van der Waals surface area contributed by atoms with E-state index in [1.807, 2.05) is 6.07 Å². The number of hydrogen-bond acceptors (Lipinski definition) is 4. The molecule has 0 aliphatic heterocycles. The zero-order valence-corrected chi connectivity index (χ0v) is 17.1. The molecule has 1 amide bonds. The SMILES string of the molecule is O=C(Nc1ncc(Cc2cc(Cl)ccc2Cl)s1)c1ccc(-c2ccc(F)cc2)o1. The molecule has 4 nitrogen and oxygen atoms in total. The number of hydrogen-bond donors (Lipinski definition) is 1. The Kier molecular flexibility index (Phi) is 5.67. The Morgan fingerprint density at radius 3 is 2.69 bits per heavy atom. The van der Waals surface area contributed by atoms with Crippen LogP contribution in [0, 0.1) is 5.82 Å². The number of nitrogens with one attached hydrogen (secondary N) is 1. The Labute approximate surface area is 179 Å². The minimum atomic E-state index is -0.417. The van der Waals surface area contributed by atoms with E-state index in [1.54, 1.807) is 42.6 Å². The Morgan fingerprint density at radius 1 is 1.10 bits per heavy atom. The van der Waals surface area contributed by atoms with E-state index in [4.69, 9.17) is 27.6 Å². The first-order valence-corrected chi connectivity index (χ1v) is 10.1. The average molecular weight is 447 g/mol. The summed E-state index contributed by atoms with van der Waals surface area (Å²) in [4.78, 5) is 17.6. The molecular formula is C21H13Cl2FN2O2S. The summed E-state index contributed by atoms with van der Waals surface area (Å²) in [5.74, 6) is -0.138. The summed E-state index contributed by atoms with van der Waals surface area (Å²) < 4.78 is 18.6. The molecule has 8 heteroatoms. The van der Waals surface area contributed by atoms with Crippen molar-refractivity contribution in [1.29, 1.82) is 0 Å². The van der Waals surface area contributed by atoms with Crippen molar-refractivity contribution in [2.75, 3.05) is 5.32 Å². The molecule has 0 radical (unpaired) electrons. The first kappa shape index (κ1) is 19.6. The Balaban J connectivity index is 1.44. The van der Waals surface area contributed by atoms with Crippen molar-refractivity contribution >= 4 is 45.6 Å². The molecule has 4 aromatic rings. The van der Waals surface area contributed by atoms with Crippen LogP contribution in [0.15, 0.2) is 65.2 Å². The monoisotopic (exact) mass is 446 g/mol. The first-order chi connectivity index (χ1) is 14.0. The van der Waals surface area contributed by atoms with E-state index in [0.29, 0.717) is 32.9 Å². The fraction of sp³-hybridized carbons (Fsp3) is 0.0476. The van der Waals surface area contributed by atoms with Crippen molar-refractivity contribution in [3.05, 3.63) is 92.9 Å². The van der Waals surface area contributed by atoms with Gasteiger partial charge in [-0.2, -0.15) is 0 Å². The third-order valence-electron chi connectivity index (χ3n) is 4.11. The molecule has 0 spiro atoms. The molecule has 0 bridgehead atoms. The van der Waals surface area contributed by atoms with E-state index in [2.05, 4.69) is 10.3 Å². The molecule has 1 N–H and O–H groups in total. The topological polar surface area (TPSA) is 55.1 Å². The minimum absolute atomic E-state index is 0.138. The number of amides is 1. The summed E-state index contributed by atoms with van der Waals surface area (Å²) in [5.41, 5.74) is 1.57. The third-order valence-corrected chi connectivity index (χ3v) is 5.62. The number of thiazole rings is 1. The average Bonchev–Trinajstić information content (AvgIpc) is 3.35. The molecule has 0 aliphatic carbocycles. The number of anilines is 1. The number of rotatable bonds is 5. The van der Waals surface area contributed by atoms with Gasteiger partial charge < -0.3 is 4.42 Å². The molecule has 4 rings (SSSR count). The van der Waals surface area contributed by atoms with Crippen LogP contribution in [0.25, 0.3) is 11.3 Å². The second-order valence-electron chi connectivity index (χ2n) is 6.17. The molecule has 0 atom stereocenters. The van der Waals surface area contributed by atoms with Crippen LogP contribution in [0.2, 0.25) is 10.0 Å². The van der Waals surface area contributed by atoms with Gasteiger partial charge in [0, 0.05) is 33.1 Å². The summed E-state index contributed by atoms with van der Waals surface area (Å²) in [7, 11) is 0. The predicted octanol–water partition coefficient (Wildman–Crippen LogP) is 6.69. The van der Waals surface area contributed by atoms with Gasteiger partial charge in [0.05, 0.1) is 0 Å². The molecule has 146 valence electrons. The van der Waals surface area contributed by atoms with Crippen LogP contribution in [-0.4, -0.2) is 10.9 Å². The Hall–Kier alpha value is -2.67. The van der Waals surface area contributed by atoms with Gasteiger partial charge in [-0.25, -0.2) is 9.37 Å². The van der Waals surface area contributed by atoms with Crippen LogP contribution in [0.4, 0.5) is 9.52 Å². The maximum atomic E-state index is 13.0. The summed E-state index contributed by atoms with van der Waals surface area (Å²) >= 11 is 13.6. The fourth-order valence-electron chi connectivity index (χ4n) is 2.70. The smallest absolute Gasteiger partial charge is 0.293 e. The van der Waals surface area contributed by atoms with Crippen LogP contribution in [-0.2, 0) is 6.42 Å². The summed E-state index contributed by atoms with van der Waals surface area (Å²) in [6, 6.07) is 14.4. The van der Waals surface area contributed by atoms with Crippen molar-refractivity contribution in [2.45, 2.75) is 6.42 Å². The van der Waals surface area contributed by atoms with Gasteiger partial charge in [0.15, 0.2) is 10.9 Å². The van der Waals surface area contributed by atoms with E-state index in [0.717, 1.165) is 10.4 Å². The lowest BCUT2D eigenvalue weighted by Crippen LogP contribution is -2.10. The van der Waals surface area contributed by atoms with Crippen LogP contribution in [0.3, 0.4) is 0 Å². The van der Waals surface area contributed by atoms with Gasteiger partial charge in [-0.3, -0.25) is 10.1 Å². The lowest BCUT2D eigenvalue weighted by Gasteiger charge is -2.02. The number of furan rings is 1. The fourth-order valence-corrected chi connectivity index (χ4v) is 3.91. The summed E-state index contributed by atoms with van der Waals surface area (Å²) in [5, 5.41) is 4.40. The van der Waals surface area contributed by atoms with Gasteiger partial charge in [0.2, 0.25) is 0 Å². The molecule has 0 unspecified atom stereocenters. The van der Waals surface area contributed by atoms with E-state index < -0.39 is 5.91 Å². The molecule has 0 saturated heterocycles. The number of halogens is 3. The number of nitrogens with zero attached hydrogens (tertiary/aromatic N) is 1. The third kappa shape index (κ3) is 4.67. The lowest BCUT2D eigenvalue weighted by atomic mass is 10.1. The maximum absolute atomic E-state index is 13.0. The van der Waals surface area contributed by atoms with E-state index in [-0.39, 0.29) is 11.6 Å². The minimum Gasteiger partial charge on any atom is -0.451 e. The van der Waals surface area contributed by atoms with Gasteiger partial charge in [-0.05, 0) is 60.2 Å². The zero-order chi connectivity index (χ0) is 20.4. The van der Waals surface area contributed by atoms with Gasteiger partial charge in [-0.15, -0.1) is 11.3 Å². The van der Waals surface area contributed by atoms with Crippen molar-refractivity contribution in [1.82, 2.24) is 4.98 Å². The first-order valence-electron chi connectivity index (χ1n) is 8.54. The van der Waals surface area contributed by atoms with Gasteiger partial charge in [-0.1, -0.05) is 23.2 Å². The Bertz CT molecular complexity index is 1170. The summed E-state index contributed by atoms with van der Waals surface area (Å²) in [6.45, 7) is 0. The van der Waals surface area contributed by atoms with Crippen molar-refractivity contribution in [3.8, 4) is 11.3 Å². The highest BCUT2D eigenvalue weighted by Gasteiger charge is 2.15. The zero-order valence-electron chi connectivity index (χ0n) is 14.8. The molecule has 2 aromatic heterocycles. The van der Waals surface area contributed by atoms with Gasteiger partial charge in [0.1, 0.15) is 11.6 Å². The number of aromatic nitrogens is 1. The second kappa shape index (κ2) is 8.37. The van der Waals surface area contributed by atoms with E-state index in [1.165, 1.54) is 23.5 Å². The number of carbonyl (C=O) groups is 1. The standard InChI is InChI=1S/C21H13Cl2FN2O2S/c22-14-3-6-17(23)13(9-14)10-16-11-25-21(29-16)26-20(27)19-8-7-18(28-19)12-1-4-15(24)5-2-12/h1-9,11H,10H2,(H,25,26,27). The van der Waals surface area contributed by atoms with Crippen LogP contribution >= 0.6 is 34.5 Å². The molecule has 2 aromatic carbocycles. The second-order valence-corrected chi connectivity index (χ2v) is 8.13. The molecule has 29 heavy (non-hydrogen) atoms. The number of carbonyl (C=O) groups excluding carboxylic acids is 1. The molecule has 0 fully saturated rings. The van der Waals surface area contributed by atoms with Crippen molar-refractivity contribution in [2.24, 2.45) is 0 Å². The van der Waals surface area contributed by atoms with E-state index in [9.17, 15) is 9.18 Å². The quantitative estimate of drug-likeness (QED) is 0.371.